The first-order valence-electron chi connectivity index (χ1n) is 9.15. The molecule has 0 saturated carbocycles. The molecular formula is C22H31NO2. The third kappa shape index (κ3) is 4.47. The number of ether oxygens (including phenoxy) is 2. The molecule has 0 aliphatic heterocycles. The summed E-state index contributed by atoms with van der Waals surface area (Å²) in [5.74, 6) is 1.74. The number of anilines is 1. The van der Waals surface area contributed by atoms with Gasteiger partial charge in [0.25, 0.3) is 0 Å². The second kappa shape index (κ2) is 8.80. The van der Waals surface area contributed by atoms with Gasteiger partial charge in [-0.2, -0.15) is 0 Å². The summed E-state index contributed by atoms with van der Waals surface area (Å²) < 4.78 is 10.9. The lowest BCUT2D eigenvalue weighted by atomic mass is 9.91. The van der Waals surface area contributed by atoms with E-state index in [0.717, 1.165) is 43.6 Å². The van der Waals surface area contributed by atoms with Gasteiger partial charge < -0.3 is 15.2 Å². The largest absolute Gasteiger partial charge is 0.496 e. The van der Waals surface area contributed by atoms with Crippen LogP contribution < -0.4 is 15.2 Å². The van der Waals surface area contributed by atoms with Crippen molar-refractivity contribution in [1.29, 1.82) is 0 Å². The van der Waals surface area contributed by atoms with Crippen molar-refractivity contribution < 1.29 is 9.47 Å². The molecule has 0 atom stereocenters. The number of benzene rings is 2. The summed E-state index contributed by atoms with van der Waals surface area (Å²) >= 11 is 0. The van der Waals surface area contributed by atoms with E-state index in [9.17, 15) is 0 Å². The van der Waals surface area contributed by atoms with Crippen LogP contribution in [0.2, 0.25) is 0 Å². The van der Waals surface area contributed by atoms with E-state index in [-0.39, 0.29) is 0 Å². The van der Waals surface area contributed by atoms with E-state index >= 15 is 0 Å². The zero-order valence-corrected chi connectivity index (χ0v) is 16.2. The molecule has 0 saturated heterocycles. The van der Waals surface area contributed by atoms with Crippen LogP contribution >= 0.6 is 0 Å². The highest BCUT2D eigenvalue weighted by atomic mass is 16.5. The van der Waals surface area contributed by atoms with Crippen LogP contribution in [0.25, 0.3) is 0 Å². The topological polar surface area (TPSA) is 44.5 Å². The van der Waals surface area contributed by atoms with Gasteiger partial charge in [-0.15, -0.1) is 0 Å². The Morgan fingerprint density at radius 3 is 1.80 bits per heavy atom. The van der Waals surface area contributed by atoms with Crippen LogP contribution in [0.4, 0.5) is 5.69 Å². The minimum Gasteiger partial charge on any atom is -0.496 e. The first kappa shape index (κ1) is 19.2. The highest BCUT2D eigenvalue weighted by Crippen LogP contribution is 2.31. The number of nitrogen functional groups attached to an aromatic ring is 1. The molecule has 2 aromatic carbocycles. The molecule has 136 valence electrons. The van der Waals surface area contributed by atoms with Gasteiger partial charge in [-0.05, 0) is 72.2 Å². The van der Waals surface area contributed by atoms with E-state index in [1.54, 1.807) is 14.2 Å². The van der Waals surface area contributed by atoms with E-state index in [1.807, 2.05) is 0 Å². The maximum Gasteiger partial charge on any atom is 0.142 e. The third-order valence-corrected chi connectivity index (χ3v) is 4.69. The van der Waals surface area contributed by atoms with Crippen LogP contribution in [0.15, 0.2) is 24.3 Å². The summed E-state index contributed by atoms with van der Waals surface area (Å²) in [6, 6.07) is 8.64. The second-order valence-electron chi connectivity index (χ2n) is 6.63. The summed E-state index contributed by atoms with van der Waals surface area (Å²) in [5.41, 5.74) is 13.4. The van der Waals surface area contributed by atoms with Gasteiger partial charge in [-0.25, -0.2) is 0 Å². The molecule has 0 unspecified atom stereocenters. The number of hydrogen-bond acceptors (Lipinski definition) is 3. The Morgan fingerprint density at radius 1 is 0.760 bits per heavy atom. The van der Waals surface area contributed by atoms with Gasteiger partial charge in [0.2, 0.25) is 0 Å². The minimum absolute atomic E-state index is 0.708. The SMILES string of the molecule is CCCc1cc(OC)c(C)cc1Cc1cc(N)c(OC)cc1CCC. The Balaban J connectivity index is 2.47. The first-order chi connectivity index (χ1) is 12.0. The fraction of sp³-hybridized carbons (Fsp3) is 0.455. The smallest absolute Gasteiger partial charge is 0.142 e. The molecule has 2 N–H and O–H groups in total. The van der Waals surface area contributed by atoms with Crippen molar-refractivity contribution in [2.45, 2.75) is 52.9 Å². The maximum absolute atomic E-state index is 6.18. The summed E-state index contributed by atoms with van der Waals surface area (Å²) in [4.78, 5) is 0. The predicted molar refractivity (Wildman–Crippen MR) is 106 cm³/mol. The van der Waals surface area contributed by atoms with Gasteiger partial charge in [0.1, 0.15) is 11.5 Å². The molecule has 0 aromatic heterocycles. The fourth-order valence-corrected chi connectivity index (χ4v) is 3.41. The molecule has 3 heteroatoms. The second-order valence-corrected chi connectivity index (χ2v) is 6.63. The summed E-state index contributed by atoms with van der Waals surface area (Å²) in [6.07, 6.45) is 5.20. The normalized spacial score (nSPS) is 10.8. The van der Waals surface area contributed by atoms with Crippen LogP contribution in [0, 0.1) is 6.92 Å². The molecule has 0 bridgehead atoms. The molecule has 0 aliphatic rings. The van der Waals surface area contributed by atoms with Crippen LogP contribution in [-0.2, 0) is 19.3 Å². The molecule has 25 heavy (non-hydrogen) atoms. The van der Waals surface area contributed by atoms with E-state index in [0.29, 0.717) is 5.69 Å². The van der Waals surface area contributed by atoms with E-state index in [1.165, 1.54) is 27.8 Å². The molecule has 2 aromatic rings. The van der Waals surface area contributed by atoms with Crippen molar-refractivity contribution >= 4 is 5.69 Å². The molecule has 0 aliphatic carbocycles. The van der Waals surface area contributed by atoms with Crippen molar-refractivity contribution in [2.75, 3.05) is 20.0 Å². The Bertz CT molecular complexity index is 661. The van der Waals surface area contributed by atoms with Crippen molar-refractivity contribution in [3.63, 3.8) is 0 Å². The fourth-order valence-electron chi connectivity index (χ4n) is 3.41. The quantitative estimate of drug-likeness (QED) is 0.680. The average Bonchev–Trinajstić information content (AvgIpc) is 2.59. The van der Waals surface area contributed by atoms with Crippen LogP contribution in [0.5, 0.6) is 11.5 Å². The van der Waals surface area contributed by atoms with Gasteiger partial charge in [0.15, 0.2) is 0 Å². The van der Waals surface area contributed by atoms with Gasteiger partial charge >= 0.3 is 0 Å². The van der Waals surface area contributed by atoms with E-state index < -0.39 is 0 Å². The van der Waals surface area contributed by atoms with Gasteiger partial charge in [-0.1, -0.05) is 32.8 Å². The highest BCUT2D eigenvalue weighted by Gasteiger charge is 2.13. The zero-order valence-electron chi connectivity index (χ0n) is 16.2. The number of hydrogen-bond donors (Lipinski definition) is 1. The lowest BCUT2D eigenvalue weighted by molar-refractivity contribution is 0.411. The van der Waals surface area contributed by atoms with Crippen LogP contribution in [0.1, 0.15) is 54.5 Å². The van der Waals surface area contributed by atoms with Crippen molar-refractivity contribution in [3.8, 4) is 11.5 Å². The Morgan fingerprint density at radius 2 is 1.28 bits per heavy atom. The predicted octanol–water partition coefficient (Wildman–Crippen LogP) is 5.09. The molecular weight excluding hydrogens is 310 g/mol. The van der Waals surface area contributed by atoms with Crippen molar-refractivity contribution in [2.24, 2.45) is 0 Å². The van der Waals surface area contributed by atoms with Crippen LogP contribution in [-0.4, -0.2) is 14.2 Å². The number of aryl methyl sites for hydroxylation is 3. The molecule has 3 nitrogen and oxygen atoms in total. The standard InChI is InChI=1S/C22H31NO2/c1-6-8-16-13-21(24-4)15(3)10-18(16)11-19-12-20(23)22(25-5)14-17(19)9-7-2/h10,12-14H,6-9,11,23H2,1-5H3. The lowest BCUT2D eigenvalue weighted by Crippen LogP contribution is -2.04. The van der Waals surface area contributed by atoms with Gasteiger partial charge in [0, 0.05) is 0 Å². The molecule has 0 amide bonds. The Hall–Kier alpha value is -2.16. The minimum atomic E-state index is 0.708. The first-order valence-corrected chi connectivity index (χ1v) is 9.15. The number of rotatable bonds is 8. The number of methoxy groups -OCH3 is 2. The summed E-state index contributed by atoms with van der Waals surface area (Å²) in [6.45, 7) is 6.52. The molecule has 0 spiro atoms. The molecule has 2 rings (SSSR count). The monoisotopic (exact) mass is 341 g/mol. The summed E-state index contributed by atoms with van der Waals surface area (Å²) in [7, 11) is 3.41. The van der Waals surface area contributed by atoms with Crippen LogP contribution in [0.3, 0.4) is 0 Å². The Kier molecular flexibility index (Phi) is 6.74. The molecule has 0 radical (unpaired) electrons. The third-order valence-electron chi connectivity index (χ3n) is 4.69. The van der Waals surface area contributed by atoms with Gasteiger partial charge in [0.05, 0.1) is 19.9 Å². The summed E-state index contributed by atoms with van der Waals surface area (Å²) in [5, 5.41) is 0. The van der Waals surface area contributed by atoms with Crippen molar-refractivity contribution in [1.82, 2.24) is 0 Å². The van der Waals surface area contributed by atoms with Gasteiger partial charge in [-0.3, -0.25) is 0 Å². The Labute approximate surface area is 152 Å². The highest BCUT2D eigenvalue weighted by molar-refractivity contribution is 5.58. The zero-order chi connectivity index (χ0) is 18.4. The number of nitrogens with two attached hydrogens (primary N) is 1. The van der Waals surface area contributed by atoms with E-state index in [4.69, 9.17) is 15.2 Å². The van der Waals surface area contributed by atoms with E-state index in [2.05, 4.69) is 45.0 Å². The van der Waals surface area contributed by atoms with Crippen molar-refractivity contribution in [3.05, 3.63) is 52.1 Å². The maximum atomic E-state index is 6.18. The lowest BCUT2D eigenvalue weighted by Gasteiger charge is -2.17. The molecule has 0 fully saturated rings. The average molecular weight is 341 g/mol. The molecule has 0 heterocycles.